The van der Waals surface area contributed by atoms with Crippen LogP contribution in [-0.4, -0.2) is 13.4 Å². The summed E-state index contributed by atoms with van der Waals surface area (Å²) >= 11 is 3.28. The Kier molecular flexibility index (Phi) is 4.20. The van der Waals surface area contributed by atoms with Gasteiger partial charge in [-0.1, -0.05) is 0 Å². The second-order valence-corrected chi connectivity index (χ2v) is 7.00. The summed E-state index contributed by atoms with van der Waals surface area (Å²) in [5.74, 6) is -0.520. The third-order valence-corrected chi connectivity index (χ3v) is 5.19. The lowest BCUT2D eigenvalue weighted by Crippen LogP contribution is -2.16. The highest BCUT2D eigenvalue weighted by molar-refractivity contribution is 9.10. The van der Waals surface area contributed by atoms with Gasteiger partial charge in [0.2, 0.25) is 0 Å². The molecule has 2 aromatic rings. The molecule has 0 saturated heterocycles. The number of hydrogen-bond donors (Lipinski definition) is 2. The number of nitrogens with two attached hydrogens (primary N) is 1. The molecule has 5 nitrogen and oxygen atoms in total. The fourth-order valence-corrected chi connectivity index (χ4v) is 3.26. The van der Waals surface area contributed by atoms with Crippen LogP contribution in [0.1, 0.15) is 11.3 Å². The molecule has 21 heavy (non-hydrogen) atoms. The van der Waals surface area contributed by atoms with Crippen molar-refractivity contribution in [1.82, 2.24) is 4.98 Å². The van der Waals surface area contributed by atoms with Crippen molar-refractivity contribution in [2.24, 2.45) is 0 Å². The topological polar surface area (TPSA) is 85.1 Å². The van der Waals surface area contributed by atoms with E-state index in [9.17, 15) is 12.8 Å². The molecule has 1 aromatic heterocycles. The van der Waals surface area contributed by atoms with Crippen molar-refractivity contribution in [1.29, 1.82) is 0 Å². The Morgan fingerprint density at radius 3 is 2.57 bits per heavy atom. The van der Waals surface area contributed by atoms with Crippen molar-refractivity contribution < 1.29 is 12.8 Å². The van der Waals surface area contributed by atoms with Gasteiger partial charge in [-0.25, -0.2) is 17.8 Å². The Labute approximate surface area is 130 Å². The van der Waals surface area contributed by atoms with Crippen molar-refractivity contribution in [3.63, 3.8) is 0 Å². The van der Waals surface area contributed by atoms with E-state index in [1.54, 1.807) is 13.0 Å². The van der Waals surface area contributed by atoms with Gasteiger partial charge in [0.25, 0.3) is 10.0 Å². The standard InChI is InChI=1S/C13H13BrFN3O2S/c1-7-11(15)5-9(16)6-12(7)21(19,20)18-13-4-3-10(14)8(2)17-13/h3-6H,16H2,1-2H3,(H,17,18). The first kappa shape index (κ1) is 15.7. The van der Waals surface area contributed by atoms with E-state index in [0.29, 0.717) is 5.69 Å². The van der Waals surface area contributed by atoms with Crippen LogP contribution < -0.4 is 10.5 Å². The minimum Gasteiger partial charge on any atom is -0.399 e. The molecule has 0 atom stereocenters. The first-order valence-electron chi connectivity index (χ1n) is 5.92. The van der Waals surface area contributed by atoms with Crippen LogP contribution in [-0.2, 0) is 10.0 Å². The lowest BCUT2D eigenvalue weighted by atomic mass is 10.2. The molecular formula is C13H13BrFN3O2S. The number of halogens is 2. The first-order chi connectivity index (χ1) is 9.70. The molecule has 0 aliphatic rings. The third-order valence-electron chi connectivity index (χ3n) is 2.87. The minimum absolute atomic E-state index is 0.00512. The molecule has 0 saturated carbocycles. The van der Waals surface area contributed by atoms with Gasteiger partial charge >= 0.3 is 0 Å². The summed E-state index contributed by atoms with van der Waals surface area (Å²) in [5.41, 5.74) is 6.18. The normalized spacial score (nSPS) is 11.4. The zero-order valence-corrected chi connectivity index (χ0v) is 13.7. The molecule has 0 amide bonds. The van der Waals surface area contributed by atoms with Gasteiger partial charge in [0.15, 0.2) is 0 Å². The van der Waals surface area contributed by atoms with Crippen LogP contribution in [0.15, 0.2) is 33.6 Å². The van der Waals surface area contributed by atoms with E-state index in [-0.39, 0.29) is 22.0 Å². The summed E-state index contributed by atoms with van der Waals surface area (Å²) in [7, 11) is -3.97. The number of anilines is 2. The van der Waals surface area contributed by atoms with Gasteiger partial charge in [0.1, 0.15) is 11.6 Å². The van der Waals surface area contributed by atoms with Gasteiger partial charge in [-0.15, -0.1) is 0 Å². The number of rotatable bonds is 3. The molecule has 0 aliphatic carbocycles. The monoisotopic (exact) mass is 373 g/mol. The number of nitrogens with zero attached hydrogens (tertiary/aromatic N) is 1. The molecule has 1 aromatic carbocycles. The van der Waals surface area contributed by atoms with E-state index < -0.39 is 15.8 Å². The van der Waals surface area contributed by atoms with Gasteiger partial charge in [-0.2, -0.15) is 0 Å². The smallest absolute Gasteiger partial charge is 0.263 e. The van der Waals surface area contributed by atoms with Crippen molar-refractivity contribution in [2.45, 2.75) is 18.7 Å². The number of sulfonamides is 1. The van der Waals surface area contributed by atoms with Gasteiger partial charge in [0.05, 0.1) is 10.6 Å². The number of hydrogen-bond acceptors (Lipinski definition) is 4. The van der Waals surface area contributed by atoms with E-state index in [2.05, 4.69) is 25.6 Å². The molecule has 0 fully saturated rings. The van der Waals surface area contributed by atoms with Crippen LogP contribution in [0.4, 0.5) is 15.9 Å². The average Bonchev–Trinajstić information content (AvgIpc) is 2.37. The lowest BCUT2D eigenvalue weighted by molar-refractivity contribution is 0.591. The van der Waals surface area contributed by atoms with Crippen molar-refractivity contribution in [3.8, 4) is 0 Å². The SMILES string of the molecule is Cc1nc(NS(=O)(=O)c2cc(N)cc(F)c2C)ccc1Br. The maximum Gasteiger partial charge on any atom is 0.263 e. The highest BCUT2D eigenvalue weighted by Crippen LogP contribution is 2.24. The van der Waals surface area contributed by atoms with E-state index >= 15 is 0 Å². The van der Waals surface area contributed by atoms with Crippen molar-refractivity contribution in [2.75, 3.05) is 10.5 Å². The molecule has 112 valence electrons. The van der Waals surface area contributed by atoms with E-state index in [0.717, 1.165) is 10.5 Å². The Morgan fingerprint density at radius 2 is 1.95 bits per heavy atom. The maximum atomic E-state index is 13.6. The predicted molar refractivity (Wildman–Crippen MR) is 83.0 cm³/mol. The van der Waals surface area contributed by atoms with Crippen molar-refractivity contribution >= 4 is 37.5 Å². The second kappa shape index (κ2) is 5.61. The fourth-order valence-electron chi connectivity index (χ4n) is 1.75. The fraction of sp³-hybridized carbons (Fsp3) is 0.154. The molecule has 3 N–H and O–H groups in total. The number of benzene rings is 1. The first-order valence-corrected chi connectivity index (χ1v) is 8.20. The molecule has 0 aliphatic heterocycles. The number of aryl methyl sites for hydroxylation is 1. The second-order valence-electron chi connectivity index (χ2n) is 4.50. The van der Waals surface area contributed by atoms with Crippen LogP contribution in [0.5, 0.6) is 0 Å². The zero-order chi connectivity index (χ0) is 15.8. The zero-order valence-electron chi connectivity index (χ0n) is 11.3. The summed E-state index contributed by atoms with van der Waals surface area (Å²) in [5, 5.41) is 0. The Bertz CT molecular complexity index is 809. The molecule has 8 heteroatoms. The molecular weight excluding hydrogens is 361 g/mol. The van der Waals surface area contributed by atoms with Crippen molar-refractivity contribution in [3.05, 3.63) is 45.8 Å². The Morgan fingerprint density at radius 1 is 1.29 bits per heavy atom. The van der Waals surface area contributed by atoms with E-state index in [1.807, 2.05) is 0 Å². The number of nitrogens with one attached hydrogen (secondary N) is 1. The molecule has 0 radical (unpaired) electrons. The highest BCUT2D eigenvalue weighted by atomic mass is 79.9. The number of pyridine rings is 1. The van der Waals surface area contributed by atoms with Gasteiger partial charge < -0.3 is 5.73 Å². The van der Waals surface area contributed by atoms with Crippen LogP contribution in [0.3, 0.4) is 0 Å². The summed E-state index contributed by atoms with van der Waals surface area (Å²) in [4.78, 5) is 3.89. The Balaban J connectivity index is 2.45. The lowest BCUT2D eigenvalue weighted by Gasteiger charge is -2.12. The summed E-state index contributed by atoms with van der Waals surface area (Å²) < 4.78 is 41.4. The molecule has 1 heterocycles. The quantitative estimate of drug-likeness (QED) is 0.809. The molecule has 2 rings (SSSR count). The Hall–Kier alpha value is -1.67. The minimum atomic E-state index is -3.97. The van der Waals surface area contributed by atoms with Crippen LogP contribution >= 0.6 is 15.9 Å². The predicted octanol–water partition coefficient (Wildman–Crippen LogP) is 2.98. The summed E-state index contributed by atoms with van der Waals surface area (Å²) in [6, 6.07) is 5.47. The highest BCUT2D eigenvalue weighted by Gasteiger charge is 2.20. The number of nitrogen functional groups attached to an aromatic ring is 1. The van der Waals surface area contributed by atoms with Crippen LogP contribution in [0, 0.1) is 19.7 Å². The maximum absolute atomic E-state index is 13.6. The summed E-state index contributed by atoms with van der Waals surface area (Å²) in [6.45, 7) is 3.11. The molecule has 0 bridgehead atoms. The van der Waals surface area contributed by atoms with Gasteiger partial charge in [-0.3, -0.25) is 4.72 Å². The molecule has 0 spiro atoms. The van der Waals surface area contributed by atoms with E-state index in [1.165, 1.54) is 19.1 Å². The molecule has 0 unspecified atom stereocenters. The average molecular weight is 374 g/mol. The number of aromatic nitrogens is 1. The largest absolute Gasteiger partial charge is 0.399 e. The van der Waals surface area contributed by atoms with Gasteiger partial charge in [-0.05, 0) is 54.0 Å². The van der Waals surface area contributed by atoms with Crippen LogP contribution in [0.2, 0.25) is 0 Å². The summed E-state index contributed by atoms with van der Waals surface area (Å²) in [6.07, 6.45) is 0. The van der Waals surface area contributed by atoms with Gasteiger partial charge in [0, 0.05) is 15.7 Å². The van der Waals surface area contributed by atoms with E-state index in [4.69, 9.17) is 5.73 Å². The van der Waals surface area contributed by atoms with Crippen LogP contribution in [0.25, 0.3) is 0 Å². The third kappa shape index (κ3) is 3.33.